The fourth-order valence-corrected chi connectivity index (χ4v) is 1.25. The summed E-state index contributed by atoms with van der Waals surface area (Å²) in [6.07, 6.45) is -3.76. The predicted octanol–water partition coefficient (Wildman–Crippen LogP) is -1.42. The Labute approximate surface area is 88.7 Å². The third kappa shape index (κ3) is 4.23. The number of hydrogen-bond acceptors (Lipinski definition) is 6. The van der Waals surface area contributed by atoms with Crippen LogP contribution in [0.2, 0.25) is 0 Å². The Hall–Kier alpha value is -0.530. The molecule has 15 heavy (non-hydrogen) atoms. The first-order valence-electron chi connectivity index (χ1n) is 4.48. The van der Waals surface area contributed by atoms with Crippen LogP contribution in [0.15, 0.2) is 0 Å². The zero-order chi connectivity index (χ0) is 11.8. The summed E-state index contributed by atoms with van der Waals surface area (Å²) in [6, 6.07) is 0. The monoisotopic (exact) mass is 222 g/mol. The molecule has 0 spiro atoms. The van der Waals surface area contributed by atoms with Crippen molar-refractivity contribution in [2.45, 2.75) is 24.4 Å². The van der Waals surface area contributed by atoms with Crippen LogP contribution >= 0.6 is 0 Å². The number of carbonyl (C=O) groups excluding carboxylic acids is 1. The molecule has 0 saturated heterocycles. The topological polar surface area (TPSA) is 85.2 Å². The normalized spacial score (nSPS) is 19.3. The number of ether oxygens (including phenoxy) is 3. The van der Waals surface area contributed by atoms with Gasteiger partial charge in [0, 0.05) is 21.3 Å². The SMILES string of the molecule is COC[C@@H](O)[C@@H](OC)[C@H](O)[C@@H](C=O)OC. The summed E-state index contributed by atoms with van der Waals surface area (Å²) in [5.41, 5.74) is 0. The lowest BCUT2D eigenvalue weighted by Gasteiger charge is -2.28. The first-order chi connectivity index (χ1) is 7.12. The lowest BCUT2D eigenvalue weighted by atomic mass is 10.0. The average Bonchev–Trinajstić information content (AvgIpc) is 2.21. The molecule has 0 unspecified atom stereocenters. The molecule has 90 valence electrons. The molecule has 0 aromatic rings. The summed E-state index contributed by atoms with van der Waals surface area (Å²) in [7, 11) is 4.03. The molecule has 0 amide bonds. The third-order valence-electron chi connectivity index (χ3n) is 2.07. The molecule has 0 saturated carbocycles. The van der Waals surface area contributed by atoms with E-state index in [1.54, 1.807) is 0 Å². The van der Waals surface area contributed by atoms with Gasteiger partial charge in [-0.25, -0.2) is 0 Å². The Kier molecular flexibility index (Phi) is 7.45. The summed E-state index contributed by atoms with van der Waals surface area (Å²) in [6.45, 7) is 0.00482. The third-order valence-corrected chi connectivity index (χ3v) is 2.07. The van der Waals surface area contributed by atoms with Crippen LogP contribution in [0, 0.1) is 0 Å². The van der Waals surface area contributed by atoms with Crippen molar-refractivity contribution in [3.8, 4) is 0 Å². The van der Waals surface area contributed by atoms with Crippen molar-refractivity contribution in [1.82, 2.24) is 0 Å². The Bertz CT molecular complexity index is 174. The Morgan fingerprint density at radius 1 is 1.20 bits per heavy atom. The molecule has 0 aliphatic carbocycles. The quantitative estimate of drug-likeness (QED) is 0.490. The molecule has 6 heteroatoms. The Morgan fingerprint density at radius 3 is 2.13 bits per heavy atom. The van der Waals surface area contributed by atoms with Gasteiger partial charge in [0.05, 0.1) is 6.61 Å². The predicted molar refractivity (Wildman–Crippen MR) is 51.5 cm³/mol. The van der Waals surface area contributed by atoms with Crippen LogP contribution < -0.4 is 0 Å². The zero-order valence-corrected chi connectivity index (χ0v) is 9.12. The molecule has 0 aliphatic heterocycles. The number of aliphatic hydroxyl groups excluding tert-OH is 2. The Balaban J connectivity index is 4.43. The van der Waals surface area contributed by atoms with Gasteiger partial charge in [-0.2, -0.15) is 0 Å². The van der Waals surface area contributed by atoms with Crippen LogP contribution in [-0.4, -0.2) is 68.9 Å². The van der Waals surface area contributed by atoms with E-state index < -0.39 is 24.4 Å². The molecule has 4 atom stereocenters. The van der Waals surface area contributed by atoms with Crippen LogP contribution in [0.3, 0.4) is 0 Å². The molecule has 0 fully saturated rings. The maximum Gasteiger partial charge on any atom is 0.151 e. The van der Waals surface area contributed by atoms with Gasteiger partial charge in [-0.1, -0.05) is 0 Å². The number of aldehydes is 1. The van der Waals surface area contributed by atoms with Gasteiger partial charge in [-0.3, -0.25) is 0 Å². The standard InChI is InChI=1S/C9H18O6/c1-13-5-6(11)9(15-3)8(12)7(4-10)14-2/h4,6-9,11-12H,5H2,1-3H3/t6-,7-,8-,9-/m1/s1. The van der Waals surface area contributed by atoms with Crippen molar-refractivity contribution in [2.24, 2.45) is 0 Å². The second-order valence-corrected chi connectivity index (χ2v) is 3.05. The lowest BCUT2D eigenvalue weighted by molar-refractivity contribution is -0.148. The first kappa shape index (κ1) is 14.5. The van der Waals surface area contributed by atoms with Gasteiger partial charge < -0.3 is 29.2 Å². The van der Waals surface area contributed by atoms with E-state index in [1.165, 1.54) is 21.3 Å². The smallest absolute Gasteiger partial charge is 0.151 e. The molecular weight excluding hydrogens is 204 g/mol. The van der Waals surface area contributed by atoms with Crippen LogP contribution in [0.4, 0.5) is 0 Å². The minimum atomic E-state index is -1.23. The summed E-state index contributed by atoms with van der Waals surface area (Å²) in [4.78, 5) is 10.5. The highest BCUT2D eigenvalue weighted by Gasteiger charge is 2.32. The van der Waals surface area contributed by atoms with Crippen molar-refractivity contribution in [1.29, 1.82) is 0 Å². The molecule has 0 heterocycles. The van der Waals surface area contributed by atoms with E-state index in [-0.39, 0.29) is 6.61 Å². The molecule has 0 aromatic carbocycles. The maximum atomic E-state index is 10.5. The van der Waals surface area contributed by atoms with Crippen molar-refractivity contribution >= 4 is 6.29 Å². The van der Waals surface area contributed by atoms with E-state index in [1.807, 2.05) is 0 Å². The van der Waals surface area contributed by atoms with E-state index in [4.69, 9.17) is 14.2 Å². The number of aliphatic hydroxyl groups is 2. The summed E-state index contributed by atoms with van der Waals surface area (Å²) >= 11 is 0. The van der Waals surface area contributed by atoms with Gasteiger partial charge in [0.1, 0.15) is 24.4 Å². The molecule has 2 N–H and O–H groups in total. The van der Waals surface area contributed by atoms with Crippen molar-refractivity contribution < 1.29 is 29.2 Å². The zero-order valence-electron chi connectivity index (χ0n) is 9.12. The lowest BCUT2D eigenvalue weighted by Crippen LogP contribution is -2.48. The van der Waals surface area contributed by atoms with Crippen LogP contribution in [0.1, 0.15) is 0 Å². The summed E-state index contributed by atoms with van der Waals surface area (Å²) in [5, 5.41) is 19.2. The molecule has 0 aliphatic rings. The van der Waals surface area contributed by atoms with Gasteiger partial charge in [0.15, 0.2) is 6.29 Å². The van der Waals surface area contributed by atoms with Gasteiger partial charge in [-0.15, -0.1) is 0 Å². The minimum absolute atomic E-state index is 0.00482. The fourth-order valence-electron chi connectivity index (χ4n) is 1.25. The van der Waals surface area contributed by atoms with Crippen LogP contribution in [0.5, 0.6) is 0 Å². The highest BCUT2D eigenvalue weighted by atomic mass is 16.5. The van der Waals surface area contributed by atoms with Crippen LogP contribution in [0.25, 0.3) is 0 Å². The number of methoxy groups -OCH3 is 3. The van der Waals surface area contributed by atoms with Gasteiger partial charge >= 0.3 is 0 Å². The highest BCUT2D eigenvalue weighted by Crippen LogP contribution is 2.10. The van der Waals surface area contributed by atoms with Crippen molar-refractivity contribution in [2.75, 3.05) is 27.9 Å². The number of carbonyl (C=O) groups is 1. The first-order valence-corrected chi connectivity index (χ1v) is 4.48. The highest BCUT2D eigenvalue weighted by molar-refractivity contribution is 5.57. The summed E-state index contributed by atoms with van der Waals surface area (Å²) in [5.74, 6) is 0. The van der Waals surface area contributed by atoms with Gasteiger partial charge in [0.2, 0.25) is 0 Å². The minimum Gasteiger partial charge on any atom is -0.388 e. The van der Waals surface area contributed by atoms with Crippen molar-refractivity contribution in [3.63, 3.8) is 0 Å². The molecular formula is C9H18O6. The Morgan fingerprint density at radius 2 is 1.80 bits per heavy atom. The number of rotatable bonds is 8. The van der Waals surface area contributed by atoms with E-state index in [0.717, 1.165) is 0 Å². The second-order valence-electron chi connectivity index (χ2n) is 3.05. The molecule has 0 rings (SSSR count). The van der Waals surface area contributed by atoms with E-state index in [2.05, 4.69) is 0 Å². The molecule has 0 radical (unpaired) electrons. The fraction of sp³-hybridized carbons (Fsp3) is 0.889. The van der Waals surface area contributed by atoms with E-state index >= 15 is 0 Å². The maximum absolute atomic E-state index is 10.5. The van der Waals surface area contributed by atoms with Crippen LogP contribution in [-0.2, 0) is 19.0 Å². The second kappa shape index (κ2) is 7.72. The molecule has 0 aromatic heterocycles. The molecule has 0 bridgehead atoms. The van der Waals surface area contributed by atoms with Gasteiger partial charge in [0.25, 0.3) is 0 Å². The average molecular weight is 222 g/mol. The van der Waals surface area contributed by atoms with Gasteiger partial charge in [-0.05, 0) is 0 Å². The molecule has 6 nitrogen and oxygen atoms in total. The largest absolute Gasteiger partial charge is 0.388 e. The van der Waals surface area contributed by atoms with E-state index in [9.17, 15) is 15.0 Å². The van der Waals surface area contributed by atoms with E-state index in [0.29, 0.717) is 6.29 Å². The number of hydrogen-bond donors (Lipinski definition) is 2. The summed E-state index contributed by atoms with van der Waals surface area (Å²) < 4.78 is 14.3. The van der Waals surface area contributed by atoms with Crippen molar-refractivity contribution in [3.05, 3.63) is 0 Å².